The van der Waals surface area contributed by atoms with Crippen LogP contribution in [0.5, 0.6) is 5.75 Å². The Morgan fingerprint density at radius 3 is 2.78 bits per heavy atom. The van der Waals surface area contributed by atoms with E-state index in [-0.39, 0.29) is 17.9 Å². The molecule has 23 heavy (non-hydrogen) atoms. The number of hydrogen-bond acceptors (Lipinski definition) is 3. The maximum Gasteiger partial charge on any atom is 0.315 e. The molecule has 0 fully saturated rings. The minimum absolute atomic E-state index is 0.168. The van der Waals surface area contributed by atoms with Crippen LogP contribution in [0.1, 0.15) is 12.5 Å². The van der Waals surface area contributed by atoms with Gasteiger partial charge < -0.3 is 15.4 Å². The molecule has 2 aromatic rings. The van der Waals surface area contributed by atoms with Crippen LogP contribution in [0, 0.1) is 5.82 Å². The second kappa shape index (κ2) is 8.17. The maximum atomic E-state index is 12.8. The average molecular weight is 320 g/mol. The van der Waals surface area contributed by atoms with Crippen LogP contribution in [0.4, 0.5) is 9.18 Å². The highest BCUT2D eigenvalue weighted by atomic mass is 19.1. The first kappa shape index (κ1) is 16.8. The van der Waals surface area contributed by atoms with Crippen LogP contribution >= 0.6 is 0 Å². The first-order chi connectivity index (χ1) is 11.0. The Hall–Kier alpha value is -2.57. The van der Waals surface area contributed by atoms with Gasteiger partial charge in [0.05, 0.1) is 12.2 Å². The zero-order valence-corrected chi connectivity index (χ0v) is 13.3. The lowest BCUT2D eigenvalue weighted by Crippen LogP contribution is -2.43. The Bertz CT molecular complexity index is 627. The molecule has 6 nitrogen and oxygen atoms in total. The van der Waals surface area contributed by atoms with Gasteiger partial charge in [-0.1, -0.05) is 0 Å². The molecule has 2 rings (SSSR count). The topological polar surface area (TPSA) is 68.2 Å². The van der Waals surface area contributed by atoms with E-state index < -0.39 is 0 Å². The summed E-state index contributed by atoms with van der Waals surface area (Å²) in [5, 5.41) is 9.64. The number of rotatable bonds is 7. The summed E-state index contributed by atoms with van der Waals surface area (Å²) in [7, 11) is 1.85. The Labute approximate surface area is 134 Å². The number of nitrogens with zero attached hydrogens (tertiary/aromatic N) is 2. The van der Waals surface area contributed by atoms with Crippen molar-refractivity contribution in [1.82, 2.24) is 20.4 Å². The van der Waals surface area contributed by atoms with Gasteiger partial charge in [0.15, 0.2) is 0 Å². The number of ether oxygens (including phenoxy) is 1. The van der Waals surface area contributed by atoms with Crippen molar-refractivity contribution in [3.05, 3.63) is 48.0 Å². The lowest BCUT2D eigenvalue weighted by atomic mass is 10.2. The Kier molecular flexibility index (Phi) is 5.96. The molecule has 0 unspecified atom stereocenters. The van der Waals surface area contributed by atoms with Crippen molar-refractivity contribution in [2.24, 2.45) is 7.05 Å². The molecule has 0 aliphatic heterocycles. The van der Waals surface area contributed by atoms with Crippen LogP contribution in [0.2, 0.25) is 0 Å². The number of hydrogen-bond donors (Lipinski definition) is 2. The van der Waals surface area contributed by atoms with Crippen LogP contribution in [-0.2, 0) is 13.5 Å². The highest BCUT2D eigenvalue weighted by Crippen LogP contribution is 2.11. The van der Waals surface area contributed by atoms with E-state index in [9.17, 15) is 9.18 Å². The zero-order valence-electron chi connectivity index (χ0n) is 13.3. The molecular formula is C16H21FN4O2. The number of carbonyl (C=O) groups excluding carboxylic acids is 1. The van der Waals surface area contributed by atoms with Crippen molar-refractivity contribution in [2.75, 3.05) is 13.2 Å². The molecule has 0 radical (unpaired) electrons. The molecule has 1 atom stereocenters. The number of benzene rings is 1. The minimum atomic E-state index is -0.309. The fourth-order valence-electron chi connectivity index (χ4n) is 1.99. The predicted octanol–water partition coefficient (Wildman–Crippen LogP) is 1.87. The summed E-state index contributed by atoms with van der Waals surface area (Å²) >= 11 is 0. The third-order valence-corrected chi connectivity index (χ3v) is 3.15. The Morgan fingerprint density at radius 1 is 1.39 bits per heavy atom. The van der Waals surface area contributed by atoms with Crippen molar-refractivity contribution in [2.45, 2.75) is 19.4 Å². The molecule has 1 aromatic heterocycles. The van der Waals surface area contributed by atoms with Gasteiger partial charge in [0, 0.05) is 19.8 Å². The largest absolute Gasteiger partial charge is 0.491 e. The predicted molar refractivity (Wildman–Crippen MR) is 84.8 cm³/mol. The van der Waals surface area contributed by atoms with Crippen LogP contribution in [0.25, 0.3) is 0 Å². The second-order valence-electron chi connectivity index (χ2n) is 5.34. The van der Waals surface area contributed by atoms with Gasteiger partial charge in [-0.15, -0.1) is 0 Å². The van der Waals surface area contributed by atoms with E-state index in [1.54, 1.807) is 23.0 Å². The first-order valence-corrected chi connectivity index (χ1v) is 7.43. The molecule has 1 heterocycles. The molecule has 2 amide bonds. The quantitative estimate of drug-likeness (QED) is 0.818. The highest BCUT2D eigenvalue weighted by molar-refractivity contribution is 5.74. The number of halogens is 1. The van der Waals surface area contributed by atoms with Crippen LogP contribution in [-0.4, -0.2) is 35.0 Å². The summed E-state index contributed by atoms with van der Waals surface area (Å²) in [4.78, 5) is 11.8. The van der Waals surface area contributed by atoms with Gasteiger partial charge in [-0.3, -0.25) is 4.68 Å². The van der Waals surface area contributed by atoms with Gasteiger partial charge >= 0.3 is 6.03 Å². The van der Waals surface area contributed by atoms with E-state index in [2.05, 4.69) is 15.7 Å². The van der Waals surface area contributed by atoms with Gasteiger partial charge in [0.25, 0.3) is 0 Å². The van der Waals surface area contributed by atoms with Crippen molar-refractivity contribution in [3.8, 4) is 5.75 Å². The first-order valence-electron chi connectivity index (χ1n) is 7.43. The number of nitrogens with one attached hydrogen (secondary N) is 2. The summed E-state index contributed by atoms with van der Waals surface area (Å²) in [5.74, 6) is 0.258. The Balaban J connectivity index is 1.63. The van der Waals surface area contributed by atoms with E-state index in [0.717, 1.165) is 12.0 Å². The zero-order chi connectivity index (χ0) is 16.7. The van der Waals surface area contributed by atoms with E-state index in [1.807, 2.05) is 20.2 Å². The minimum Gasteiger partial charge on any atom is -0.491 e. The third-order valence-electron chi connectivity index (χ3n) is 3.15. The fraction of sp³-hybridized carbons (Fsp3) is 0.375. The highest BCUT2D eigenvalue weighted by Gasteiger charge is 2.08. The van der Waals surface area contributed by atoms with Crippen LogP contribution in [0.15, 0.2) is 36.7 Å². The number of aryl methyl sites for hydroxylation is 1. The number of amides is 2. The molecule has 1 aromatic carbocycles. The second-order valence-corrected chi connectivity index (χ2v) is 5.34. The van der Waals surface area contributed by atoms with Gasteiger partial charge in [0.2, 0.25) is 0 Å². The molecule has 7 heteroatoms. The maximum absolute atomic E-state index is 12.8. The van der Waals surface area contributed by atoms with Crippen LogP contribution < -0.4 is 15.4 Å². The van der Waals surface area contributed by atoms with E-state index in [1.165, 1.54) is 12.1 Å². The molecule has 0 aliphatic rings. The summed E-state index contributed by atoms with van der Waals surface area (Å²) in [6.45, 7) is 2.68. The number of carbonyl (C=O) groups is 1. The normalized spacial score (nSPS) is 11.8. The summed E-state index contributed by atoms with van der Waals surface area (Å²) in [6.07, 6.45) is 4.42. The SMILES string of the molecule is C[C@H](COc1ccc(F)cc1)NC(=O)NCCc1cnn(C)c1. The van der Waals surface area contributed by atoms with Crippen LogP contribution in [0.3, 0.4) is 0 Å². The number of urea groups is 1. The van der Waals surface area contributed by atoms with Gasteiger partial charge in [-0.2, -0.15) is 5.10 Å². The molecular weight excluding hydrogens is 299 g/mol. The standard InChI is InChI=1S/C16H21FN4O2/c1-12(11-23-15-5-3-14(17)4-6-15)20-16(22)18-8-7-13-9-19-21(2)10-13/h3-6,9-10,12H,7-8,11H2,1-2H3,(H2,18,20,22)/t12-/m1/s1. The van der Waals surface area contributed by atoms with Crippen molar-refractivity contribution < 1.29 is 13.9 Å². The molecule has 0 bridgehead atoms. The molecule has 0 aliphatic carbocycles. The molecule has 0 saturated carbocycles. The summed E-state index contributed by atoms with van der Waals surface area (Å²) in [5.41, 5.74) is 1.07. The lowest BCUT2D eigenvalue weighted by Gasteiger charge is -2.15. The van der Waals surface area contributed by atoms with Crippen molar-refractivity contribution in [1.29, 1.82) is 0 Å². The smallest absolute Gasteiger partial charge is 0.315 e. The molecule has 2 N–H and O–H groups in total. The molecule has 124 valence electrons. The van der Waals surface area contributed by atoms with Crippen molar-refractivity contribution in [3.63, 3.8) is 0 Å². The summed E-state index contributed by atoms with van der Waals surface area (Å²) in [6, 6.07) is 5.35. The Morgan fingerprint density at radius 2 is 2.13 bits per heavy atom. The van der Waals surface area contributed by atoms with E-state index >= 15 is 0 Å². The summed E-state index contributed by atoms with van der Waals surface area (Å²) < 4.78 is 20.0. The van der Waals surface area contributed by atoms with Gasteiger partial charge in [0.1, 0.15) is 18.2 Å². The fourth-order valence-corrected chi connectivity index (χ4v) is 1.99. The average Bonchev–Trinajstić information content (AvgIpc) is 2.92. The van der Waals surface area contributed by atoms with Gasteiger partial charge in [-0.25, -0.2) is 9.18 Å². The molecule has 0 spiro atoms. The monoisotopic (exact) mass is 320 g/mol. The van der Waals surface area contributed by atoms with E-state index in [0.29, 0.717) is 18.9 Å². The number of aromatic nitrogens is 2. The van der Waals surface area contributed by atoms with Gasteiger partial charge in [-0.05, 0) is 43.2 Å². The van der Waals surface area contributed by atoms with E-state index in [4.69, 9.17) is 4.74 Å². The van der Waals surface area contributed by atoms with Crippen molar-refractivity contribution >= 4 is 6.03 Å². The molecule has 0 saturated heterocycles. The lowest BCUT2D eigenvalue weighted by molar-refractivity contribution is 0.226. The third kappa shape index (κ3) is 5.98.